The predicted octanol–water partition coefficient (Wildman–Crippen LogP) is 8.66. The highest BCUT2D eigenvalue weighted by Gasteiger charge is 2.41. The van der Waals surface area contributed by atoms with E-state index in [0.717, 1.165) is 64.3 Å². The molecule has 4 heterocycles. The number of carboxylic acid groups (broad SMARTS) is 1. The SMILES string of the molecule is CC(C)(CC1CCC(CC2CC(COC[C@H]3OC[C@H](Nc4cccc(C(F)(F)F)n4)[C@@H](O)[C@H]3O)C2)C1)c1cc(-c2ccc3c(c2)[C@H](N)CO3)cc([C@H](O)Cn2ccc3cccc(C(=O)O)c32)c1. The van der Waals surface area contributed by atoms with Gasteiger partial charge in [-0.1, -0.05) is 63.1 Å². The molecule has 0 spiro atoms. The van der Waals surface area contributed by atoms with E-state index in [0.29, 0.717) is 42.4 Å². The molecule has 2 unspecified atom stereocenters. The molecule has 15 heteroatoms. The highest BCUT2D eigenvalue weighted by molar-refractivity contribution is 6.02. The van der Waals surface area contributed by atoms with Gasteiger partial charge in [-0.15, -0.1) is 0 Å². The molecule has 9 rings (SSSR count). The Kier molecular flexibility index (Phi) is 13.5. The molecule has 358 valence electrons. The van der Waals surface area contributed by atoms with Gasteiger partial charge in [0, 0.05) is 23.8 Å². The normalized spacial score (nSPS) is 26.8. The molecule has 3 aromatic carbocycles. The fourth-order valence-electron chi connectivity index (χ4n) is 11.2. The summed E-state index contributed by atoms with van der Waals surface area (Å²) in [5.74, 6) is 1.97. The van der Waals surface area contributed by atoms with Gasteiger partial charge in [-0.05, 0) is 126 Å². The Morgan fingerprint density at radius 2 is 1.69 bits per heavy atom. The Morgan fingerprint density at radius 3 is 2.48 bits per heavy atom. The second-order valence-electron chi connectivity index (χ2n) is 20.2. The van der Waals surface area contributed by atoms with Crippen LogP contribution in [0.2, 0.25) is 0 Å². The van der Waals surface area contributed by atoms with Crippen molar-refractivity contribution in [2.45, 2.75) is 113 Å². The zero-order chi connectivity index (χ0) is 47.2. The van der Waals surface area contributed by atoms with Gasteiger partial charge in [0.2, 0.25) is 0 Å². The summed E-state index contributed by atoms with van der Waals surface area (Å²) in [5, 5.41) is 46.9. The quantitative estimate of drug-likeness (QED) is 0.0557. The lowest BCUT2D eigenvalue weighted by molar-refractivity contribution is -0.162. The number of carbonyl (C=O) groups is 1. The van der Waals surface area contributed by atoms with Crippen molar-refractivity contribution in [2.75, 3.05) is 31.7 Å². The summed E-state index contributed by atoms with van der Waals surface area (Å²) in [5.41, 5.74) is 10.8. The average Bonchev–Trinajstić information content (AvgIpc) is 4.02. The van der Waals surface area contributed by atoms with E-state index in [9.17, 15) is 38.4 Å². The van der Waals surface area contributed by atoms with E-state index in [1.807, 2.05) is 41.1 Å². The van der Waals surface area contributed by atoms with Crippen molar-refractivity contribution in [2.24, 2.45) is 29.4 Å². The zero-order valence-electron chi connectivity index (χ0n) is 37.9. The van der Waals surface area contributed by atoms with Gasteiger partial charge < -0.3 is 50.3 Å². The van der Waals surface area contributed by atoms with Gasteiger partial charge in [0.05, 0.1) is 49.0 Å². The lowest BCUT2D eigenvalue weighted by Crippen LogP contribution is -2.57. The molecule has 2 aliphatic heterocycles. The van der Waals surface area contributed by atoms with Crippen LogP contribution < -0.4 is 15.8 Å². The van der Waals surface area contributed by atoms with Crippen molar-refractivity contribution >= 4 is 22.7 Å². The van der Waals surface area contributed by atoms with E-state index >= 15 is 0 Å². The standard InChI is InChI=1S/C52H61F3N4O8/c1-51(2,37-20-35(34-11-12-43-39(22-34)40(56)26-66-43)19-36(21-37)42(60)24-59-14-13-33-5-3-6-38(47(33)59)50(63)64)23-30-10-9-29(15-30)16-31-17-32(18-31)25-65-28-44-49(62)48(61)41(27-67-44)57-46-8-4-7-45(58-46)52(53,54)55/h3-8,11-14,19-22,29-32,40-42,44,48-49,60-62H,9-10,15-18,23-28,56H2,1-2H3,(H,57,58)(H,63,64)/t29?,30?,31?,32?,40-,41+,42-,44-,48-,49+/m1/s1. The smallest absolute Gasteiger partial charge is 0.433 e. The summed E-state index contributed by atoms with van der Waals surface area (Å²) in [6, 6.07) is 22.0. The Balaban J connectivity index is 0.781. The van der Waals surface area contributed by atoms with E-state index in [1.165, 1.54) is 37.8 Å². The number of hydrogen-bond donors (Lipinski definition) is 6. The van der Waals surface area contributed by atoms with Crippen LogP contribution in [0.25, 0.3) is 22.0 Å². The third-order valence-electron chi connectivity index (χ3n) is 14.8. The Bertz CT molecular complexity index is 2560. The zero-order valence-corrected chi connectivity index (χ0v) is 37.9. The van der Waals surface area contributed by atoms with Crippen molar-refractivity contribution in [1.82, 2.24) is 9.55 Å². The number of aromatic nitrogens is 2. The van der Waals surface area contributed by atoms with Crippen LogP contribution in [-0.4, -0.2) is 86.7 Å². The van der Waals surface area contributed by atoms with E-state index in [4.69, 9.17) is 19.9 Å². The third kappa shape index (κ3) is 10.4. The number of carboxylic acids is 1. The lowest BCUT2D eigenvalue weighted by atomic mass is 9.70. The van der Waals surface area contributed by atoms with Crippen molar-refractivity contribution in [3.8, 4) is 16.9 Å². The van der Waals surface area contributed by atoms with Crippen LogP contribution in [0.15, 0.2) is 85.1 Å². The number of anilines is 1. The first kappa shape index (κ1) is 47.1. The van der Waals surface area contributed by atoms with E-state index in [2.05, 4.69) is 42.3 Å². The second-order valence-corrected chi connectivity index (χ2v) is 20.2. The van der Waals surface area contributed by atoms with Gasteiger partial charge >= 0.3 is 12.1 Å². The van der Waals surface area contributed by atoms with Crippen LogP contribution in [0.4, 0.5) is 19.0 Å². The number of hydrogen-bond acceptors (Lipinski definition) is 10. The minimum atomic E-state index is -4.60. The number of nitrogens with two attached hydrogens (primary N) is 1. The van der Waals surface area contributed by atoms with Crippen molar-refractivity contribution in [3.63, 3.8) is 0 Å². The first-order valence-electron chi connectivity index (χ1n) is 23.5. The number of aromatic carboxylic acids is 1. The number of halogens is 3. The number of alkyl halides is 3. The van der Waals surface area contributed by atoms with Crippen LogP contribution >= 0.6 is 0 Å². The molecule has 3 fully saturated rings. The summed E-state index contributed by atoms with van der Waals surface area (Å²) < 4.78 is 58.7. The monoisotopic (exact) mass is 926 g/mol. The van der Waals surface area contributed by atoms with Gasteiger partial charge in [-0.2, -0.15) is 13.2 Å². The fourth-order valence-corrected chi connectivity index (χ4v) is 11.2. The molecule has 8 atom stereocenters. The minimum Gasteiger partial charge on any atom is -0.491 e. The van der Waals surface area contributed by atoms with Crippen LogP contribution in [0.5, 0.6) is 5.75 Å². The topological polar surface area (TPSA) is 182 Å². The van der Waals surface area contributed by atoms with E-state index in [-0.39, 0.29) is 42.6 Å². The number of para-hydroxylation sites is 1. The van der Waals surface area contributed by atoms with E-state index in [1.54, 1.807) is 12.1 Å². The van der Waals surface area contributed by atoms with Crippen LogP contribution in [-0.2, 0) is 27.6 Å². The Morgan fingerprint density at radius 1 is 0.910 bits per heavy atom. The molecule has 7 N–H and O–H groups in total. The molecule has 0 bridgehead atoms. The number of nitrogens with one attached hydrogen (secondary N) is 1. The molecule has 2 aromatic heterocycles. The Hall–Kier alpha value is -5.03. The molecule has 1 saturated heterocycles. The van der Waals surface area contributed by atoms with Gasteiger partial charge in [0.25, 0.3) is 0 Å². The molecular formula is C52H61F3N4O8. The minimum absolute atomic E-state index is 0.0301. The number of fused-ring (bicyclic) bond motifs is 2. The second kappa shape index (κ2) is 19.2. The third-order valence-corrected chi connectivity index (χ3v) is 14.8. The lowest BCUT2D eigenvalue weighted by Gasteiger charge is -2.39. The number of pyridine rings is 1. The predicted molar refractivity (Wildman–Crippen MR) is 247 cm³/mol. The number of rotatable bonds is 16. The molecular weight excluding hydrogens is 866 g/mol. The largest absolute Gasteiger partial charge is 0.491 e. The number of aliphatic hydroxyl groups is 3. The molecule has 2 aliphatic carbocycles. The molecule has 67 heavy (non-hydrogen) atoms. The first-order valence-corrected chi connectivity index (χ1v) is 23.5. The van der Waals surface area contributed by atoms with E-state index < -0.39 is 48.3 Å². The van der Waals surface area contributed by atoms with Crippen molar-refractivity contribution in [3.05, 3.63) is 113 Å². The maximum Gasteiger partial charge on any atom is 0.433 e. The molecule has 0 amide bonds. The van der Waals surface area contributed by atoms with Crippen molar-refractivity contribution in [1.29, 1.82) is 0 Å². The van der Waals surface area contributed by atoms with Crippen LogP contribution in [0.1, 0.15) is 104 Å². The van der Waals surface area contributed by atoms with Crippen LogP contribution in [0, 0.1) is 23.7 Å². The van der Waals surface area contributed by atoms with Gasteiger partial charge in [-0.25, -0.2) is 9.78 Å². The highest BCUT2D eigenvalue weighted by atomic mass is 19.4. The first-order chi connectivity index (χ1) is 32.0. The summed E-state index contributed by atoms with van der Waals surface area (Å²) in [6.07, 6.45) is 0.876. The summed E-state index contributed by atoms with van der Waals surface area (Å²) in [7, 11) is 0. The average molecular weight is 927 g/mol. The molecule has 12 nitrogen and oxygen atoms in total. The number of aliphatic hydroxyl groups excluding tert-OH is 3. The van der Waals surface area contributed by atoms with Gasteiger partial charge in [-0.3, -0.25) is 0 Å². The summed E-state index contributed by atoms with van der Waals surface area (Å²) in [4.78, 5) is 15.7. The molecule has 4 aliphatic rings. The molecule has 0 radical (unpaired) electrons. The van der Waals surface area contributed by atoms with Gasteiger partial charge in [0.1, 0.15) is 42.2 Å². The van der Waals surface area contributed by atoms with Crippen LogP contribution in [0.3, 0.4) is 0 Å². The van der Waals surface area contributed by atoms with Crippen molar-refractivity contribution < 1.29 is 52.6 Å². The summed E-state index contributed by atoms with van der Waals surface area (Å²) in [6.45, 7) is 5.82. The number of nitrogens with zero attached hydrogens (tertiary/aromatic N) is 2. The highest BCUT2D eigenvalue weighted by Crippen LogP contribution is 2.47. The van der Waals surface area contributed by atoms with Gasteiger partial charge in [0.15, 0.2) is 0 Å². The number of ether oxygens (including phenoxy) is 3. The summed E-state index contributed by atoms with van der Waals surface area (Å²) >= 11 is 0. The molecule has 5 aromatic rings. The Labute approximate surface area is 388 Å². The maximum atomic E-state index is 13.1. The fraction of sp³-hybridized carbons (Fsp3) is 0.500. The maximum absolute atomic E-state index is 13.1. The number of benzene rings is 3. The molecule has 2 saturated carbocycles.